The highest BCUT2D eigenvalue weighted by atomic mass is 31.1. The summed E-state index contributed by atoms with van der Waals surface area (Å²) in [6.07, 6.45) is 23.4. The molecule has 3 aliphatic carbocycles. The first kappa shape index (κ1) is 18.5. The summed E-state index contributed by atoms with van der Waals surface area (Å²) in [7, 11) is 0.0203. The van der Waals surface area contributed by atoms with Crippen LogP contribution in [0.25, 0.3) is 5.57 Å². The molecule has 1 unspecified atom stereocenters. The van der Waals surface area contributed by atoms with Gasteiger partial charge < -0.3 is 0 Å². The summed E-state index contributed by atoms with van der Waals surface area (Å²) in [6, 6.07) is 11.3. The molecule has 1 atom stereocenters. The Hall–Kier alpha value is -0.870. The maximum absolute atomic E-state index is 2.64. The first-order valence-corrected chi connectivity index (χ1v) is 12.5. The van der Waals surface area contributed by atoms with Gasteiger partial charge in [0.25, 0.3) is 0 Å². The summed E-state index contributed by atoms with van der Waals surface area (Å²) in [4.78, 5) is 0. The molecular weight excluding hydrogens is 331 g/mol. The van der Waals surface area contributed by atoms with Gasteiger partial charge in [0.1, 0.15) is 0 Å². The summed E-state index contributed by atoms with van der Waals surface area (Å²) in [6.45, 7) is 2.64. The summed E-state index contributed by atoms with van der Waals surface area (Å²) < 4.78 is 0. The van der Waals surface area contributed by atoms with Crippen LogP contribution < -0.4 is 0 Å². The molecule has 0 amide bonds. The molecule has 1 aromatic carbocycles. The van der Waals surface area contributed by atoms with Gasteiger partial charge in [-0.2, -0.15) is 0 Å². The van der Waals surface area contributed by atoms with Gasteiger partial charge in [-0.15, -0.1) is 0 Å². The molecule has 0 heterocycles. The Morgan fingerprint density at radius 2 is 1.38 bits per heavy atom. The lowest BCUT2D eigenvalue weighted by atomic mass is 9.87. The highest BCUT2D eigenvalue weighted by molar-refractivity contribution is 7.61. The van der Waals surface area contributed by atoms with Crippen molar-refractivity contribution >= 4 is 13.5 Å². The molecule has 4 rings (SSSR count). The maximum Gasteiger partial charge on any atom is 0.0172 e. The van der Waals surface area contributed by atoms with Crippen molar-refractivity contribution in [2.45, 2.75) is 94.0 Å². The standard InChI is InChI=1S/C25H35P/c1-25(20-12-11-19-24(25)21-13-5-2-6-14-21)26(22-15-7-3-8-16-22)23-17-9-4-10-18-23/h2,5-6,11-14,19,22-23H,3-4,7-10,15-18,20H2,1H3. The van der Waals surface area contributed by atoms with E-state index in [1.54, 1.807) is 5.57 Å². The average Bonchev–Trinajstić information content (AvgIpc) is 2.71. The van der Waals surface area contributed by atoms with Gasteiger partial charge in [0, 0.05) is 5.16 Å². The van der Waals surface area contributed by atoms with Crippen LogP contribution in [-0.4, -0.2) is 16.5 Å². The molecule has 0 spiro atoms. The van der Waals surface area contributed by atoms with Crippen LogP contribution in [0.3, 0.4) is 0 Å². The van der Waals surface area contributed by atoms with Crippen molar-refractivity contribution in [3.63, 3.8) is 0 Å². The minimum Gasteiger partial charge on any atom is -0.0894 e. The SMILES string of the molecule is CC1(P(C2CCCCC2)C2CCCCC2)CC=CC=C1c1ccccc1. The first-order valence-electron chi connectivity index (χ1n) is 11.0. The van der Waals surface area contributed by atoms with Crippen LogP contribution in [0.5, 0.6) is 0 Å². The molecule has 0 nitrogen and oxygen atoms in total. The van der Waals surface area contributed by atoms with Crippen molar-refractivity contribution in [2.24, 2.45) is 0 Å². The number of rotatable bonds is 4. The Kier molecular flexibility index (Phi) is 6.00. The third-order valence-corrected chi connectivity index (χ3v) is 11.3. The third-order valence-electron chi connectivity index (χ3n) is 7.09. The predicted octanol–water partition coefficient (Wildman–Crippen LogP) is 7.94. The number of hydrogen-bond donors (Lipinski definition) is 0. The van der Waals surface area contributed by atoms with Crippen LogP contribution in [0.1, 0.15) is 83.1 Å². The molecule has 0 aliphatic heterocycles. The van der Waals surface area contributed by atoms with Crippen LogP contribution in [0, 0.1) is 0 Å². The Bertz CT molecular complexity index is 613. The molecule has 0 aromatic heterocycles. The monoisotopic (exact) mass is 366 g/mol. The Balaban J connectivity index is 1.72. The van der Waals surface area contributed by atoms with Gasteiger partial charge in [-0.05, 0) is 54.6 Å². The first-order chi connectivity index (χ1) is 12.8. The van der Waals surface area contributed by atoms with Gasteiger partial charge in [0.2, 0.25) is 0 Å². The zero-order valence-electron chi connectivity index (χ0n) is 16.5. The molecule has 26 heavy (non-hydrogen) atoms. The quantitative estimate of drug-likeness (QED) is 0.474. The van der Waals surface area contributed by atoms with E-state index in [4.69, 9.17) is 0 Å². The van der Waals surface area contributed by atoms with E-state index in [1.807, 2.05) is 0 Å². The van der Waals surface area contributed by atoms with Gasteiger partial charge in [-0.25, -0.2) is 0 Å². The van der Waals surface area contributed by atoms with Gasteiger partial charge >= 0.3 is 0 Å². The van der Waals surface area contributed by atoms with E-state index < -0.39 is 0 Å². The second-order valence-electron chi connectivity index (χ2n) is 8.84. The van der Waals surface area contributed by atoms with Crippen molar-refractivity contribution in [2.75, 3.05) is 0 Å². The molecule has 2 fully saturated rings. The summed E-state index contributed by atoms with van der Waals surface area (Å²) in [5.41, 5.74) is 5.12. The van der Waals surface area contributed by atoms with Crippen LogP contribution in [0.4, 0.5) is 0 Å². The van der Waals surface area contributed by atoms with Crippen LogP contribution >= 0.6 is 7.92 Å². The molecule has 3 aliphatic rings. The minimum absolute atomic E-state index is 0.0203. The molecule has 2 saturated carbocycles. The number of benzene rings is 1. The van der Waals surface area contributed by atoms with E-state index in [0.29, 0.717) is 5.16 Å². The topological polar surface area (TPSA) is 0 Å². The molecule has 1 aromatic rings. The lowest BCUT2D eigenvalue weighted by Gasteiger charge is -2.51. The molecular formula is C25H35P. The molecule has 1 heteroatoms. The zero-order valence-corrected chi connectivity index (χ0v) is 17.4. The number of allylic oxidation sites excluding steroid dienone is 4. The fraction of sp³-hybridized carbons (Fsp3) is 0.600. The largest absolute Gasteiger partial charge is 0.0894 e. The third kappa shape index (κ3) is 3.73. The van der Waals surface area contributed by atoms with Crippen molar-refractivity contribution < 1.29 is 0 Å². The summed E-state index contributed by atoms with van der Waals surface area (Å²) in [5.74, 6) is 0. The predicted molar refractivity (Wildman–Crippen MR) is 117 cm³/mol. The molecule has 140 valence electrons. The highest BCUT2D eigenvalue weighted by Gasteiger charge is 2.45. The smallest absolute Gasteiger partial charge is 0.0172 e. The van der Waals surface area contributed by atoms with Crippen molar-refractivity contribution in [3.8, 4) is 0 Å². The van der Waals surface area contributed by atoms with Gasteiger partial charge in [-0.3, -0.25) is 0 Å². The lowest BCUT2D eigenvalue weighted by Crippen LogP contribution is -2.36. The van der Waals surface area contributed by atoms with E-state index in [1.165, 1.54) is 76.2 Å². The summed E-state index contributed by atoms with van der Waals surface area (Å²) in [5, 5.41) is 0.370. The van der Waals surface area contributed by atoms with E-state index in [-0.39, 0.29) is 7.92 Å². The Labute approximate surface area is 161 Å². The van der Waals surface area contributed by atoms with Gasteiger partial charge in [0.15, 0.2) is 0 Å². The molecule has 0 saturated heterocycles. The van der Waals surface area contributed by atoms with Crippen LogP contribution in [0.2, 0.25) is 0 Å². The Morgan fingerprint density at radius 1 is 0.808 bits per heavy atom. The van der Waals surface area contributed by atoms with E-state index in [9.17, 15) is 0 Å². The number of hydrogen-bond acceptors (Lipinski definition) is 0. The fourth-order valence-electron chi connectivity index (χ4n) is 5.84. The second kappa shape index (κ2) is 8.43. The normalized spacial score (nSPS) is 28.3. The maximum atomic E-state index is 2.64. The molecule has 0 bridgehead atoms. The van der Waals surface area contributed by atoms with Gasteiger partial charge in [0.05, 0.1) is 0 Å². The molecule has 0 radical (unpaired) electrons. The molecule has 0 N–H and O–H groups in total. The average molecular weight is 367 g/mol. The highest BCUT2D eigenvalue weighted by Crippen LogP contribution is 2.68. The Morgan fingerprint density at radius 3 is 1.96 bits per heavy atom. The zero-order chi connectivity index (χ0) is 17.8. The van der Waals surface area contributed by atoms with Crippen molar-refractivity contribution in [3.05, 3.63) is 54.1 Å². The second-order valence-corrected chi connectivity index (χ2v) is 12.1. The minimum atomic E-state index is 0.0203. The van der Waals surface area contributed by atoms with Crippen molar-refractivity contribution in [1.29, 1.82) is 0 Å². The van der Waals surface area contributed by atoms with E-state index >= 15 is 0 Å². The van der Waals surface area contributed by atoms with Crippen molar-refractivity contribution in [1.82, 2.24) is 0 Å². The summed E-state index contributed by atoms with van der Waals surface area (Å²) >= 11 is 0. The van der Waals surface area contributed by atoms with Crippen LogP contribution in [-0.2, 0) is 0 Å². The van der Waals surface area contributed by atoms with Gasteiger partial charge in [-0.1, -0.05) is 102 Å². The van der Waals surface area contributed by atoms with E-state index in [0.717, 1.165) is 11.3 Å². The fourth-order valence-corrected chi connectivity index (χ4v) is 10.7. The lowest BCUT2D eigenvalue weighted by molar-refractivity contribution is 0.477. The van der Waals surface area contributed by atoms with Crippen LogP contribution in [0.15, 0.2) is 48.6 Å². The van der Waals surface area contributed by atoms with E-state index in [2.05, 4.69) is 55.5 Å².